The number of nitrogens with zero attached hydrogens (tertiary/aromatic N) is 6. The number of pyridine rings is 1. The molecule has 4 rings (SSSR count). The first kappa shape index (κ1) is 32.7. The van der Waals surface area contributed by atoms with Crippen molar-refractivity contribution >= 4 is 35.9 Å². The van der Waals surface area contributed by atoms with Crippen LogP contribution in [0.4, 0.5) is 9.59 Å². The van der Waals surface area contributed by atoms with Crippen LogP contribution in [0.5, 0.6) is 11.5 Å². The standard InChI is InChI=1S/C30H38N6O7S/c1-15-13-31-20(16(2)25(15)40-11)14-35-32-19-12-21(41-18(4)37)22-17(3)44-34-26(24(33-35)23(19)22)36(27(38)42-29(5,6)7)28(39)43-30(8,9)10/h12-13,17H,14H2,1-11H3. The molecule has 0 saturated carbocycles. The molecule has 1 unspecified atom stereocenters. The lowest BCUT2D eigenvalue weighted by atomic mass is 10.1. The van der Waals surface area contributed by atoms with Crippen molar-refractivity contribution in [2.24, 2.45) is 4.40 Å². The van der Waals surface area contributed by atoms with E-state index >= 15 is 0 Å². The van der Waals surface area contributed by atoms with E-state index in [4.69, 9.17) is 29.1 Å². The number of amidine groups is 1. The van der Waals surface area contributed by atoms with Crippen LogP contribution in [0, 0.1) is 13.8 Å². The maximum absolute atomic E-state index is 13.7. The number of carbonyl (C=O) groups excluding carboxylic acids is 3. The third kappa shape index (κ3) is 6.95. The predicted octanol–water partition coefficient (Wildman–Crippen LogP) is 6.02. The molecule has 3 heterocycles. The summed E-state index contributed by atoms with van der Waals surface area (Å²) in [6.07, 6.45) is -0.284. The Kier molecular flexibility index (Phi) is 8.97. The van der Waals surface area contributed by atoms with Crippen LogP contribution in [0.3, 0.4) is 0 Å². The maximum Gasteiger partial charge on any atom is 0.425 e. The van der Waals surface area contributed by atoms with E-state index in [1.54, 1.807) is 60.9 Å². The van der Waals surface area contributed by atoms with Crippen molar-refractivity contribution in [2.45, 2.75) is 92.2 Å². The van der Waals surface area contributed by atoms with Gasteiger partial charge in [0.05, 0.1) is 23.7 Å². The summed E-state index contributed by atoms with van der Waals surface area (Å²) < 4.78 is 27.0. The van der Waals surface area contributed by atoms with Crippen molar-refractivity contribution in [1.29, 1.82) is 0 Å². The zero-order valence-electron chi connectivity index (χ0n) is 26.9. The molecule has 1 atom stereocenters. The van der Waals surface area contributed by atoms with Gasteiger partial charge in [-0.15, -0.1) is 0 Å². The van der Waals surface area contributed by atoms with E-state index in [2.05, 4.69) is 9.38 Å². The number of aromatic nitrogens is 4. The molecule has 2 aliphatic heterocycles. The minimum absolute atomic E-state index is 0.114. The quantitative estimate of drug-likeness (QED) is 0.247. The Morgan fingerprint density at radius 3 is 2.18 bits per heavy atom. The second kappa shape index (κ2) is 12.1. The van der Waals surface area contributed by atoms with Crippen molar-refractivity contribution in [3.8, 4) is 22.8 Å². The zero-order valence-corrected chi connectivity index (χ0v) is 27.7. The van der Waals surface area contributed by atoms with Gasteiger partial charge in [0, 0.05) is 41.4 Å². The van der Waals surface area contributed by atoms with Crippen LogP contribution in [0.2, 0.25) is 0 Å². The van der Waals surface area contributed by atoms with Crippen LogP contribution >= 0.6 is 11.9 Å². The normalized spacial score (nSPS) is 14.9. The largest absolute Gasteiger partial charge is 0.496 e. The lowest BCUT2D eigenvalue weighted by molar-refractivity contribution is -0.131. The molecule has 1 aliphatic carbocycles. The first-order valence-corrected chi connectivity index (χ1v) is 14.8. The van der Waals surface area contributed by atoms with Gasteiger partial charge in [0.25, 0.3) is 0 Å². The summed E-state index contributed by atoms with van der Waals surface area (Å²) in [5.74, 6) is 0.342. The molecule has 0 radical (unpaired) electrons. The van der Waals surface area contributed by atoms with Crippen molar-refractivity contribution in [3.05, 3.63) is 40.3 Å². The fourth-order valence-electron chi connectivity index (χ4n) is 4.64. The average Bonchev–Trinajstić information content (AvgIpc) is 3.15. The number of ether oxygens (including phenoxy) is 4. The molecule has 0 aromatic carbocycles. The van der Waals surface area contributed by atoms with E-state index in [1.807, 2.05) is 20.8 Å². The maximum atomic E-state index is 13.7. The van der Waals surface area contributed by atoms with Crippen molar-refractivity contribution in [2.75, 3.05) is 7.11 Å². The molecular formula is C30H38N6O7S. The number of carbonyl (C=O) groups is 3. The van der Waals surface area contributed by atoms with Gasteiger partial charge in [0.15, 0.2) is 5.84 Å². The highest BCUT2D eigenvalue weighted by Crippen LogP contribution is 2.48. The number of aryl methyl sites for hydroxylation is 1. The van der Waals surface area contributed by atoms with Gasteiger partial charge in [-0.1, -0.05) is 0 Å². The van der Waals surface area contributed by atoms with Crippen molar-refractivity contribution in [1.82, 2.24) is 24.9 Å². The molecule has 0 bridgehead atoms. The Hall–Kier alpha value is -4.20. The molecule has 1 aromatic rings. The van der Waals surface area contributed by atoms with E-state index in [9.17, 15) is 14.4 Å². The van der Waals surface area contributed by atoms with E-state index in [-0.39, 0.29) is 29.1 Å². The topological polar surface area (TPSA) is 147 Å². The van der Waals surface area contributed by atoms with Crippen LogP contribution in [-0.4, -0.2) is 67.2 Å². The van der Waals surface area contributed by atoms with Gasteiger partial charge in [-0.3, -0.25) is 9.78 Å². The second-order valence-electron chi connectivity index (χ2n) is 12.4. The number of hydrogen-bond acceptors (Lipinski definition) is 12. The molecule has 0 fully saturated rings. The Morgan fingerprint density at radius 1 is 1.02 bits per heavy atom. The first-order valence-electron chi connectivity index (χ1n) is 14.0. The Labute approximate surface area is 260 Å². The summed E-state index contributed by atoms with van der Waals surface area (Å²) in [5.41, 5.74) is 2.07. The minimum Gasteiger partial charge on any atom is -0.496 e. The SMILES string of the molecule is COc1c(C)cnc(Cn2nc3cc(OC(C)=O)c4c-3c(n2)C(N(C(=O)OC(C)(C)C)C(=O)OC(C)(C)C)=NSC4C)c1C. The highest BCUT2D eigenvalue weighted by Gasteiger charge is 2.41. The zero-order chi connectivity index (χ0) is 32.7. The lowest BCUT2D eigenvalue weighted by Gasteiger charge is -2.29. The molecule has 13 nitrogen and oxygen atoms in total. The van der Waals surface area contributed by atoms with Crippen molar-refractivity contribution < 1.29 is 33.3 Å². The molecule has 0 spiro atoms. The van der Waals surface area contributed by atoms with Gasteiger partial charge < -0.3 is 18.9 Å². The summed E-state index contributed by atoms with van der Waals surface area (Å²) in [6, 6.07) is 1.63. The number of hydrogen-bond donors (Lipinski definition) is 0. The summed E-state index contributed by atoms with van der Waals surface area (Å²) in [4.78, 5) is 46.1. The fourth-order valence-corrected chi connectivity index (χ4v) is 5.41. The van der Waals surface area contributed by atoms with Gasteiger partial charge in [0.1, 0.15) is 34.9 Å². The minimum atomic E-state index is -0.993. The molecule has 2 amide bonds. The highest BCUT2D eigenvalue weighted by atomic mass is 32.2. The Balaban J connectivity index is 1.98. The van der Waals surface area contributed by atoms with Gasteiger partial charge in [-0.2, -0.15) is 24.3 Å². The number of amides is 2. The predicted molar refractivity (Wildman–Crippen MR) is 164 cm³/mol. The molecule has 14 heteroatoms. The Bertz CT molecular complexity index is 1590. The van der Waals surface area contributed by atoms with E-state index in [1.165, 1.54) is 11.7 Å². The van der Waals surface area contributed by atoms with Gasteiger partial charge in [0.2, 0.25) is 0 Å². The average molecular weight is 627 g/mol. The molecule has 1 aromatic heterocycles. The molecule has 236 valence electrons. The molecule has 0 saturated heterocycles. The van der Waals surface area contributed by atoms with Crippen LogP contribution in [-0.2, 0) is 20.8 Å². The number of esters is 1. The molecule has 0 N–H and O–H groups in total. The smallest absolute Gasteiger partial charge is 0.425 e. The Morgan fingerprint density at radius 2 is 1.64 bits per heavy atom. The molecular weight excluding hydrogens is 588 g/mol. The van der Waals surface area contributed by atoms with Crippen LogP contribution in [0.1, 0.15) is 88.7 Å². The summed E-state index contributed by atoms with van der Waals surface area (Å²) in [5, 5.41) is 9.12. The van der Waals surface area contributed by atoms with E-state index in [0.717, 1.165) is 28.0 Å². The van der Waals surface area contributed by atoms with Crippen molar-refractivity contribution in [3.63, 3.8) is 0 Å². The fraction of sp³-hybridized carbons (Fsp3) is 0.500. The van der Waals surface area contributed by atoms with Gasteiger partial charge in [-0.05, 0) is 74.3 Å². The highest BCUT2D eigenvalue weighted by molar-refractivity contribution is 7.98. The third-order valence-electron chi connectivity index (χ3n) is 6.31. The van der Waals surface area contributed by atoms with E-state index in [0.29, 0.717) is 28.3 Å². The van der Waals surface area contributed by atoms with Crippen LogP contribution < -0.4 is 9.47 Å². The molecule has 44 heavy (non-hydrogen) atoms. The summed E-state index contributed by atoms with van der Waals surface area (Å²) in [7, 11) is 1.59. The van der Waals surface area contributed by atoms with Gasteiger partial charge in [-0.25, -0.2) is 9.59 Å². The number of rotatable bonds is 4. The number of methoxy groups -OCH3 is 1. The van der Waals surface area contributed by atoms with Gasteiger partial charge >= 0.3 is 18.2 Å². The molecule has 3 aliphatic rings. The van der Waals surface area contributed by atoms with Crippen LogP contribution in [0.15, 0.2) is 16.7 Å². The first-order chi connectivity index (χ1) is 20.4. The third-order valence-corrected chi connectivity index (χ3v) is 7.14. The second-order valence-corrected chi connectivity index (χ2v) is 13.5. The summed E-state index contributed by atoms with van der Waals surface area (Å²) >= 11 is 1.07. The van der Waals surface area contributed by atoms with E-state index < -0.39 is 29.4 Å². The lowest BCUT2D eigenvalue weighted by Crippen LogP contribution is -2.47. The monoisotopic (exact) mass is 626 g/mol. The van der Waals surface area contributed by atoms with Crippen LogP contribution in [0.25, 0.3) is 11.3 Å². The number of imide groups is 1. The summed E-state index contributed by atoms with van der Waals surface area (Å²) in [6.45, 7) is 17.2.